The molecule has 11 heteroatoms. The lowest BCUT2D eigenvalue weighted by atomic mass is 9.89. The Bertz CT molecular complexity index is 1320. The van der Waals surface area contributed by atoms with Crippen LogP contribution in [0.25, 0.3) is 22.3 Å². The summed E-state index contributed by atoms with van der Waals surface area (Å²) in [5.74, 6) is 0.408. The highest BCUT2D eigenvalue weighted by Crippen LogP contribution is 2.31. The lowest BCUT2D eigenvalue weighted by molar-refractivity contribution is 0.0176. The summed E-state index contributed by atoms with van der Waals surface area (Å²) in [5, 5.41) is 15.2. The first-order valence-corrected chi connectivity index (χ1v) is 17.9. The third kappa shape index (κ3) is 7.92. The average Bonchev–Trinajstić information content (AvgIpc) is 3.53. The second-order valence-corrected chi connectivity index (χ2v) is 18.6. The predicted molar refractivity (Wildman–Crippen MR) is 157 cm³/mol. The van der Waals surface area contributed by atoms with E-state index in [1.54, 1.807) is 11.2 Å². The van der Waals surface area contributed by atoms with Crippen molar-refractivity contribution in [3.05, 3.63) is 31.0 Å². The van der Waals surface area contributed by atoms with Crippen molar-refractivity contribution in [2.24, 2.45) is 5.92 Å². The SMILES string of the molecule is CC(C)(C)OC(=O)N1CCC(CC(CC#N)n2cc(-c3ncnc4c3ccn4COCC[Si](C)(C)C)cn2)CC1. The highest BCUT2D eigenvalue weighted by molar-refractivity contribution is 6.76. The molecule has 0 saturated carbocycles. The highest BCUT2D eigenvalue weighted by Gasteiger charge is 2.29. The molecule has 3 aromatic rings. The molecule has 1 unspecified atom stereocenters. The van der Waals surface area contributed by atoms with Crippen molar-refractivity contribution < 1.29 is 14.3 Å². The van der Waals surface area contributed by atoms with E-state index >= 15 is 0 Å². The average molecular weight is 566 g/mol. The highest BCUT2D eigenvalue weighted by atomic mass is 28.3. The summed E-state index contributed by atoms with van der Waals surface area (Å²) in [6.45, 7) is 15.2. The minimum absolute atomic E-state index is 0.0430. The van der Waals surface area contributed by atoms with Crippen LogP contribution in [-0.4, -0.2) is 68.7 Å². The fourth-order valence-electron chi connectivity index (χ4n) is 4.99. The summed E-state index contributed by atoms with van der Waals surface area (Å²) in [6.07, 6.45) is 10.1. The van der Waals surface area contributed by atoms with Gasteiger partial charge in [-0.1, -0.05) is 19.6 Å². The summed E-state index contributed by atoms with van der Waals surface area (Å²) in [4.78, 5) is 23.3. The summed E-state index contributed by atoms with van der Waals surface area (Å²) in [6, 6.07) is 5.44. The second kappa shape index (κ2) is 12.5. The van der Waals surface area contributed by atoms with E-state index < -0.39 is 13.7 Å². The molecule has 1 saturated heterocycles. The van der Waals surface area contributed by atoms with Gasteiger partial charge in [-0.25, -0.2) is 14.8 Å². The molecule has 1 aliphatic rings. The molecule has 0 aromatic carbocycles. The molecule has 1 fully saturated rings. The topological polar surface area (TPSA) is 111 Å². The molecule has 3 aromatic heterocycles. The molecule has 1 aliphatic heterocycles. The van der Waals surface area contributed by atoms with E-state index in [2.05, 4.69) is 40.8 Å². The molecule has 10 nitrogen and oxygen atoms in total. The van der Waals surface area contributed by atoms with Gasteiger partial charge in [0, 0.05) is 51.1 Å². The molecule has 0 aliphatic carbocycles. The van der Waals surface area contributed by atoms with Gasteiger partial charge >= 0.3 is 6.09 Å². The van der Waals surface area contributed by atoms with Crippen LogP contribution in [0, 0.1) is 17.2 Å². The largest absolute Gasteiger partial charge is 0.444 e. The zero-order chi connectivity index (χ0) is 28.9. The molecule has 0 bridgehead atoms. The first kappa shape index (κ1) is 29.7. The van der Waals surface area contributed by atoms with E-state index in [4.69, 9.17) is 9.47 Å². The van der Waals surface area contributed by atoms with Gasteiger partial charge < -0.3 is 18.9 Å². The summed E-state index contributed by atoms with van der Waals surface area (Å²) >= 11 is 0. The molecular formula is C29H43N7O3Si. The summed E-state index contributed by atoms with van der Waals surface area (Å²) in [5.41, 5.74) is 2.05. The van der Waals surface area contributed by atoms with Crippen molar-refractivity contribution in [3.8, 4) is 17.3 Å². The van der Waals surface area contributed by atoms with Gasteiger partial charge in [0.2, 0.25) is 0 Å². The Balaban J connectivity index is 1.41. The van der Waals surface area contributed by atoms with Crippen LogP contribution in [0.2, 0.25) is 25.7 Å². The number of aromatic nitrogens is 5. The number of piperidine rings is 1. The van der Waals surface area contributed by atoms with E-state index in [1.807, 2.05) is 54.7 Å². The molecule has 216 valence electrons. The van der Waals surface area contributed by atoms with Gasteiger partial charge in [0.05, 0.1) is 30.4 Å². The Kier molecular flexibility index (Phi) is 9.31. The molecule has 0 radical (unpaired) electrons. The first-order chi connectivity index (χ1) is 18.9. The van der Waals surface area contributed by atoms with E-state index in [0.717, 1.165) is 54.2 Å². The van der Waals surface area contributed by atoms with Crippen molar-refractivity contribution in [2.75, 3.05) is 19.7 Å². The number of hydrogen-bond donors (Lipinski definition) is 0. The van der Waals surface area contributed by atoms with Gasteiger partial charge in [-0.3, -0.25) is 4.68 Å². The molecule has 0 N–H and O–H groups in total. The van der Waals surface area contributed by atoms with Gasteiger partial charge in [-0.05, 0) is 58.1 Å². The Morgan fingerprint density at radius 2 is 1.98 bits per heavy atom. The monoisotopic (exact) mass is 565 g/mol. The summed E-state index contributed by atoms with van der Waals surface area (Å²) in [7, 11) is -1.14. The number of ether oxygens (including phenoxy) is 2. The predicted octanol–water partition coefficient (Wildman–Crippen LogP) is 6.10. The first-order valence-electron chi connectivity index (χ1n) is 14.2. The van der Waals surface area contributed by atoms with Gasteiger partial charge in [0.1, 0.15) is 24.3 Å². The van der Waals surface area contributed by atoms with Crippen LogP contribution in [0.4, 0.5) is 4.79 Å². The van der Waals surface area contributed by atoms with Crippen LogP contribution in [0.1, 0.15) is 52.5 Å². The summed E-state index contributed by atoms with van der Waals surface area (Å²) < 4.78 is 15.4. The number of carbonyl (C=O) groups excluding carboxylic acids is 1. The molecule has 1 atom stereocenters. The molecule has 4 rings (SSSR count). The van der Waals surface area contributed by atoms with Gasteiger partial charge in [0.25, 0.3) is 0 Å². The number of nitrogens with zero attached hydrogens (tertiary/aromatic N) is 7. The van der Waals surface area contributed by atoms with Crippen molar-refractivity contribution in [2.45, 2.75) is 90.5 Å². The lowest BCUT2D eigenvalue weighted by Crippen LogP contribution is -2.42. The second-order valence-electron chi connectivity index (χ2n) is 13.0. The van der Waals surface area contributed by atoms with Crippen molar-refractivity contribution in [3.63, 3.8) is 0 Å². The number of carbonyl (C=O) groups is 1. The van der Waals surface area contributed by atoms with Gasteiger partial charge in [0.15, 0.2) is 0 Å². The number of likely N-dealkylation sites (tertiary alicyclic amines) is 1. The van der Waals surface area contributed by atoms with Crippen LogP contribution in [-0.2, 0) is 16.2 Å². The van der Waals surface area contributed by atoms with Gasteiger partial charge in [-0.2, -0.15) is 10.4 Å². The number of nitriles is 1. The maximum atomic E-state index is 12.4. The van der Waals surface area contributed by atoms with Crippen LogP contribution < -0.4 is 0 Å². The lowest BCUT2D eigenvalue weighted by Gasteiger charge is -2.34. The molecular weight excluding hydrogens is 522 g/mol. The standard InChI is InChI=1S/C29H43N7O3Si/c1-29(2,3)39-28(37)34-12-8-22(9-13-34)17-24(7-11-30)36-19-23(18-33-36)26-25-10-14-35(27(25)32-20-31-26)21-38-15-16-40(4,5)6/h10,14,18-20,22,24H,7-9,12-13,15-17,21H2,1-6H3. The van der Waals surface area contributed by atoms with E-state index in [0.29, 0.717) is 32.2 Å². The Morgan fingerprint density at radius 1 is 1.23 bits per heavy atom. The van der Waals surface area contributed by atoms with Crippen LogP contribution in [0.5, 0.6) is 0 Å². The minimum Gasteiger partial charge on any atom is -0.444 e. The fourth-order valence-corrected chi connectivity index (χ4v) is 5.75. The van der Waals surface area contributed by atoms with E-state index in [9.17, 15) is 10.1 Å². The minimum atomic E-state index is -1.14. The maximum Gasteiger partial charge on any atom is 0.410 e. The Morgan fingerprint density at radius 3 is 2.65 bits per heavy atom. The number of amides is 1. The van der Waals surface area contributed by atoms with Crippen LogP contribution in [0.3, 0.4) is 0 Å². The van der Waals surface area contributed by atoms with E-state index in [-0.39, 0.29) is 12.1 Å². The Hall–Kier alpha value is -3.23. The normalized spacial score (nSPS) is 15.8. The van der Waals surface area contributed by atoms with Crippen LogP contribution in [0.15, 0.2) is 31.0 Å². The molecule has 1 amide bonds. The van der Waals surface area contributed by atoms with Gasteiger partial charge in [-0.15, -0.1) is 0 Å². The third-order valence-electron chi connectivity index (χ3n) is 7.23. The number of hydrogen-bond acceptors (Lipinski definition) is 7. The van der Waals surface area contributed by atoms with Crippen molar-refractivity contribution in [1.29, 1.82) is 5.26 Å². The fraction of sp³-hybridized carbons (Fsp3) is 0.621. The zero-order valence-electron chi connectivity index (χ0n) is 24.8. The zero-order valence-corrected chi connectivity index (χ0v) is 25.8. The Labute approximate surface area is 238 Å². The van der Waals surface area contributed by atoms with E-state index in [1.165, 1.54) is 0 Å². The van der Waals surface area contributed by atoms with Crippen molar-refractivity contribution in [1.82, 2.24) is 29.2 Å². The molecule has 40 heavy (non-hydrogen) atoms. The quantitative estimate of drug-likeness (QED) is 0.216. The smallest absolute Gasteiger partial charge is 0.410 e. The number of fused-ring (bicyclic) bond motifs is 1. The molecule has 4 heterocycles. The molecule has 0 spiro atoms. The van der Waals surface area contributed by atoms with Crippen molar-refractivity contribution >= 4 is 25.2 Å². The third-order valence-corrected chi connectivity index (χ3v) is 8.93. The maximum absolute atomic E-state index is 12.4. The number of rotatable bonds is 10. The van der Waals surface area contributed by atoms with Crippen LogP contribution >= 0.6 is 0 Å².